The first kappa shape index (κ1) is 22.4. The van der Waals surface area contributed by atoms with Crippen LogP contribution in [0, 0.1) is 0 Å². The first-order valence-electron chi connectivity index (χ1n) is 12.1. The minimum absolute atomic E-state index is 0.274. The van der Waals surface area contributed by atoms with Gasteiger partial charge in [0.2, 0.25) is 12.7 Å². The van der Waals surface area contributed by atoms with Crippen molar-refractivity contribution in [2.45, 2.75) is 13.1 Å². The Morgan fingerprint density at radius 2 is 1.58 bits per heavy atom. The van der Waals surface area contributed by atoms with Crippen molar-refractivity contribution in [2.24, 2.45) is 14.1 Å². The van der Waals surface area contributed by atoms with Crippen molar-refractivity contribution in [2.75, 3.05) is 37.9 Å². The summed E-state index contributed by atoms with van der Waals surface area (Å²) in [5.74, 6) is 2.31. The fourth-order valence-corrected chi connectivity index (χ4v) is 5.00. The molecule has 0 unspecified atom stereocenters. The monoisotopic (exact) mass is 488 g/mol. The average molecular weight is 489 g/mol. The zero-order valence-electron chi connectivity index (χ0n) is 20.4. The topological polar surface area (TPSA) is 86.8 Å². The smallest absolute Gasteiger partial charge is 0.332 e. The van der Waals surface area contributed by atoms with E-state index in [1.807, 2.05) is 47.0 Å². The van der Waals surface area contributed by atoms with E-state index in [1.165, 1.54) is 17.2 Å². The van der Waals surface area contributed by atoms with E-state index in [0.717, 1.165) is 60.3 Å². The fourth-order valence-electron chi connectivity index (χ4n) is 5.00. The summed E-state index contributed by atoms with van der Waals surface area (Å²) in [6, 6.07) is 16.1. The van der Waals surface area contributed by atoms with E-state index in [9.17, 15) is 9.59 Å². The molecule has 36 heavy (non-hydrogen) atoms. The molecule has 6 rings (SSSR count). The minimum Gasteiger partial charge on any atom is -0.454 e. The maximum absolute atomic E-state index is 13.2. The molecule has 1 fully saturated rings. The molecule has 0 saturated carbocycles. The van der Waals surface area contributed by atoms with Crippen molar-refractivity contribution in [1.82, 2.24) is 23.6 Å². The molecule has 1 saturated heterocycles. The summed E-state index contributed by atoms with van der Waals surface area (Å²) in [4.78, 5) is 35.2. The number of aryl methyl sites for hydroxylation is 1. The van der Waals surface area contributed by atoms with E-state index >= 15 is 0 Å². The van der Waals surface area contributed by atoms with E-state index in [0.29, 0.717) is 17.7 Å². The molecule has 2 aliphatic rings. The van der Waals surface area contributed by atoms with Gasteiger partial charge in [0.15, 0.2) is 22.7 Å². The van der Waals surface area contributed by atoms with Gasteiger partial charge in [-0.15, -0.1) is 0 Å². The number of piperazine rings is 1. The Morgan fingerprint density at radius 1 is 0.833 bits per heavy atom. The summed E-state index contributed by atoms with van der Waals surface area (Å²) in [5, 5.41) is 0. The molecule has 0 aliphatic carbocycles. The number of hydrogen-bond donors (Lipinski definition) is 0. The molecule has 186 valence electrons. The second kappa shape index (κ2) is 8.87. The zero-order valence-corrected chi connectivity index (χ0v) is 20.4. The molecule has 0 N–H and O–H groups in total. The highest BCUT2D eigenvalue weighted by Gasteiger charge is 2.26. The van der Waals surface area contributed by atoms with Gasteiger partial charge >= 0.3 is 5.69 Å². The van der Waals surface area contributed by atoms with Crippen LogP contribution in [0.3, 0.4) is 0 Å². The Kier molecular flexibility index (Phi) is 5.52. The van der Waals surface area contributed by atoms with Crippen molar-refractivity contribution >= 4 is 17.1 Å². The molecule has 10 heteroatoms. The Balaban J connectivity index is 1.29. The lowest BCUT2D eigenvalue weighted by atomic mass is 10.1. The Bertz CT molecular complexity index is 1550. The Labute approximate surface area is 207 Å². The van der Waals surface area contributed by atoms with Crippen LogP contribution >= 0.6 is 0 Å². The average Bonchev–Trinajstić information content (AvgIpc) is 3.52. The zero-order chi connectivity index (χ0) is 24.8. The molecule has 0 radical (unpaired) electrons. The summed E-state index contributed by atoms with van der Waals surface area (Å²) in [7, 11) is 3.18. The van der Waals surface area contributed by atoms with Gasteiger partial charge < -0.3 is 14.4 Å². The van der Waals surface area contributed by atoms with Crippen molar-refractivity contribution < 1.29 is 9.47 Å². The van der Waals surface area contributed by atoms with Crippen LogP contribution in [-0.4, -0.2) is 56.6 Å². The highest BCUT2D eigenvalue weighted by atomic mass is 16.7. The molecule has 2 aromatic carbocycles. The molecule has 2 aliphatic heterocycles. The number of nitrogens with zero attached hydrogens (tertiary/aromatic N) is 6. The number of fused-ring (bicyclic) bond motifs is 2. The van der Waals surface area contributed by atoms with Crippen LogP contribution in [-0.2, 0) is 27.2 Å². The van der Waals surface area contributed by atoms with Crippen LogP contribution in [0.25, 0.3) is 11.2 Å². The van der Waals surface area contributed by atoms with Gasteiger partial charge in [-0.1, -0.05) is 36.4 Å². The molecule has 0 bridgehead atoms. The van der Waals surface area contributed by atoms with Crippen LogP contribution in [0.5, 0.6) is 11.5 Å². The maximum atomic E-state index is 13.2. The summed E-state index contributed by atoms with van der Waals surface area (Å²) >= 11 is 0. The molecule has 10 nitrogen and oxygen atoms in total. The lowest BCUT2D eigenvalue weighted by Crippen LogP contribution is -2.47. The van der Waals surface area contributed by atoms with Gasteiger partial charge in [-0.25, -0.2) is 4.79 Å². The molecule has 4 aromatic rings. The summed E-state index contributed by atoms with van der Waals surface area (Å²) < 4.78 is 15.5. The van der Waals surface area contributed by atoms with Crippen LogP contribution in [0.1, 0.15) is 11.1 Å². The van der Waals surface area contributed by atoms with Crippen LogP contribution in [0.15, 0.2) is 58.1 Å². The summed E-state index contributed by atoms with van der Waals surface area (Å²) in [6.07, 6.45) is 0. The van der Waals surface area contributed by atoms with E-state index < -0.39 is 0 Å². The van der Waals surface area contributed by atoms with Gasteiger partial charge in [0, 0.05) is 46.8 Å². The number of hydrogen-bond acceptors (Lipinski definition) is 7. The van der Waals surface area contributed by atoms with Crippen molar-refractivity contribution in [1.29, 1.82) is 0 Å². The molecule has 0 atom stereocenters. The van der Waals surface area contributed by atoms with Gasteiger partial charge in [0.25, 0.3) is 5.56 Å². The number of rotatable bonds is 5. The first-order chi connectivity index (χ1) is 17.5. The minimum atomic E-state index is -0.378. The Hall–Kier alpha value is -4.05. The fraction of sp³-hybridized carbons (Fsp3) is 0.346. The van der Waals surface area contributed by atoms with E-state index in [2.05, 4.69) is 15.9 Å². The second-order valence-corrected chi connectivity index (χ2v) is 9.31. The van der Waals surface area contributed by atoms with Crippen molar-refractivity contribution in [3.05, 3.63) is 80.5 Å². The number of aromatic nitrogens is 4. The van der Waals surface area contributed by atoms with Crippen LogP contribution in [0.2, 0.25) is 0 Å². The molecular formula is C26H28N6O4. The highest BCUT2D eigenvalue weighted by Crippen LogP contribution is 2.33. The number of imidazole rings is 1. The van der Waals surface area contributed by atoms with Gasteiger partial charge in [0.1, 0.15) is 0 Å². The van der Waals surface area contributed by atoms with Crippen LogP contribution < -0.4 is 25.6 Å². The number of anilines is 1. The SMILES string of the molecule is Cn1c(=O)c2c(nc(N3CCN(Cc4ccc5c(c4)OCO5)CC3)n2Cc2ccccc2)n(C)c1=O. The van der Waals surface area contributed by atoms with Gasteiger partial charge in [-0.05, 0) is 23.3 Å². The molecular weight excluding hydrogens is 460 g/mol. The lowest BCUT2D eigenvalue weighted by molar-refractivity contribution is 0.174. The molecule has 4 heterocycles. The quantitative estimate of drug-likeness (QED) is 0.421. The van der Waals surface area contributed by atoms with Crippen molar-refractivity contribution in [3.63, 3.8) is 0 Å². The summed E-state index contributed by atoms with van der Waals surface area (Å²) in [5.41, 5.74) is 2.40. The van der Waals surface area contributed by atoms with Gasteiger partial charge in [-0.2, -0.15) is 4.98 Å². The van der Waals surface area contributed by atoms with Gasteiger partial charge in [0.05, 0.1) is 6.54 Å². The van der Waals surface area contributed by atoms with E-state index in [4.69, 9.17) is 14.5 Å². The van der Waals surface area contributed by atoms with Crippen LogP contribution in [0.4, 0.5) is 5.95 Å². The molecule has 0 spiro atoms. The van der Waals surface area contributed by atoms with E-state index in [1.54, 1.807) is 7.05 Å². The molecule has 2 aromatic heterocycles. The summed E-state index contributed by atoms with van der Waals surface area (Å²) in [6.45, 7) is 4.81. The number of benzene rings is 2. The standard InChI is InChI=1S/C26H28N6O4/c1-28-23-22(24(33)29(2)26(28)34)32(16-18-6-4-3-5-7-18)25(27-23)31-12-10-30(11-13-31)15-19-8-9-20-21(14-19)36-17-35-20/h3-9,14H,10-13,15-17H2,1-2H3. The third kappa shape index (κ3) is 3.83. The van der Waals surface area contributed by atoms with E-state index in [-0.39, 0.29) is 18.0 Å². The van der Waals surface area contributed by atoms with Crippen molar-refractivity contribution in [3.8, 4) is 11.5 Å². The Morgan fingerprint density at radius 3 is 2.36 bits per heavy atom. The maximum Gasteiger partial charge on any atom is 0.332 e. The van der Waals surface area contributed by atoms with Gasteiger partial charge in [-0.3, -0.25) is 23.4 Å². The largest absolute Gasteiger partial charge is 0.454 e. The third-order valence-electron chi connectivity index (χ3n) is 7.01. The normalized spacial score (nSPS) is 15.7. The number of ether oxygens (including phenoxy) is 2. The predicted octanol–water partition coefficient (Wildman–Crippen LogP) is 1.53. The highest BCUT2D eigenvalue weighted by molar-refractivity contribution is 5.75. The third-order valence-corrected chi connectivity index (χ3v) is 7.01. The lowest BCUT2D eigenvalue weighted by Gasteiger charge is -2.35. The molecule has 0 amide bonds. The second-order valence-electron chi connectivity index (χ2n) is 9.31. The first-order valence-corrected chi connectivity index (χ1v) is 12.1. The predicted molar refractivity (Wildman–Crippen MR) is 136 cm³/mol.